The minimum absolute atomic E-state index is 0.163. The van der Waals surface area contributed by atoms with Crippen LogP contribution in [0.3, 0.4) is 0 Å². The van der Waals surface area contributed by atoms with Crippen LogP contribution in [-0.4, -0.2) is 11.1 Å². The van der Waals surface area contributed by atoms with Gasteiger partial charge in [0.05, 0.1) is 5.69 Å². The summed E-state index contributed by atoms with van der Waals surface area (Å²) in [6.45, 7) is 3.41. The van der Waals surface area contributed by atoms with Crippen LogP contribution in [0, 0.1) is 18.6 Å². The van der Waals surface area contributed by atoms with Gasteiger partial charge in [-0.3, -0.25) is 0 Å². The number of carboxylic acids is 1. The van der Waals surface area contributed by atoms with Gasteiger partial charge in [-0.05, 0) is 43.2 Å². The fourth-order valence-corrected chi connectivity index (χ4v) is 2.06. The Morgan fingerprint density at radius 1 is 1.19 bits per heavy atom. The SMILES string of the molecule is Cc1ccc(C(C)Nc2cccc(F)c2C(=O)O)cc1F. The molecule has 2 aromatic carbocycles. The van der Waals surface area contributed by atoms with Crippen LogP contribution in [0.2, 0.25) is 0 Å². The second-order valence-electron chi connectivity index (χ2n) is 4.84. The van der Waals surface area contributed by atoms with Gasteiger partial charge < -0.3 is 10.4 Å². The van der Waals surface area contributed by atoms with Crippen molar-refractivity contribution >= 4 is 11.7 Å². The topological polar surface area (TPSA) is 49.3 Å². The van der Waals surface area contributed by atoms with Crippen LogP contribution in [0.25, 0.3) is 0 Å². The second-order valence-corrected chi connectivity index (χ2v) is 4.84. The molecule has 0 saturated carbocycles. The van der Waals surface area contributed by atoms with E-state index in [1.165, 1.54) is 18.2 Å². The monoisotopic (exact) mass is 291 g/mol. The molecule has 5 heteroatoms. The maximum Gasteiger partial charge on any atom is 0.340 e. The highest BCUT2D eigenvalue weighted by molar-refractivity contribution is 5.94. The summed E-state index contributed by atoms with van der Waals surface area (Å²) in [5.74, 6) is -2.49. The Bertz CT molecular complexity index is 686. The highest BCUT2D eigenvalue weighted by Crippen LogP contribution is 2.25. The number of aromatic carboxylic acids is 1. The molecule has 0 saturated heterocycles. The summed E-state index contributed by atoms with van der Waals surface area (Å²) in [5.41, 5.74) is 0.926. The van der Waals surface area contributed by atoms with Crippen molar-refractivity contribution in [3.05, 3.63) is 64.7 Å². The number of hydrogen-bond donors (Lipinski definition) is 2. The Balaban J connectivity index is 2.31. The Morgan fingerprint density at radius 2 is 1.90 bits per heavy atom. The number of benzene rings is 2. The molecule has 0 aromatic heterocycles. The van der Waals surface area contributed by atoms with Gasteiger partial charge in [0, 0.05) is 6.04 Å². The number of carboxylic acid groups (broad SMARTS) is 1. The lowest BCUT2D eigenvalue weighted by Gasteiger charge is -2.18. The van der Waals surface area contributed by atoms with Crippen molar-refractivity contribution in [3.8, 4) is 0 Å². The zero-order chi connectivity index (χ0) is 15.6. The molecular formula is C16H15F2NO2. The van der Waals surface area contributed by atoms with Crippen molar-refractivity contribution in [1.82, 2.24) is 0 Å². The van der Waals surface area contributed by atoms with E-state index in [2.05, 4.69) is 5.32 Å². The summed E-state index contributed by atoms with van der Waals surface area (Å²) in [4.78, 5) is 11.1. The molecule has 0 fully saturated rings. The number of halogens is 2. The lowest BCUT2D eigenvalue weighted by atomic mass is 10.0. The quantitative estimate of drug-likeness (QED) is 0.890. The summed E-state index contributed by atoms with van der Waals surface area (Å²) in [7, 11) is 0. The number of nitrogens with one attached hydrogen (secondary N) is 1. The van der Waals surface area contributed by atoms with E-state index in [1.54, 1.807) is 26.0 Å². The molecule has 2 rings (SSSR count). The maximum atomic E-state index is 13.6. The lowest BCUT2D eigenvalue weighted by Crippen LogP contribution is -2.12. The van der Waals surface area contributed by atoms with Gasteiger partial charge in [-0.15, -0.1) is 0 Å². The molecule has 0 bridgehead atoms. The fourth-order valence-electron chi connectivity index (χ4n) is 2.06. The predicted molar refractivity (Wildman–Crippen MR) is 76.5 cm³/mol. The Labute approximate surface area is 121 Å². The Morgan fingerprint density at radius 3 is 2.52 bits per heavy atom. The van der Waals surface area contributed by atoms with E-state index in [-0.39, 0.29) is 17.5 Å². The number of carbonyl (C=O) groups is 1. The molecular weight excluding hydrogens is 276 g/mol. The molecule has 21 heavy (non-hydrogen) atoms. The summed E-state index contributed by atoms with van der Waals surface area (Å²) in [5, 5.41) is 12.0. The highest BCUT2D eigenvalue weighted by atomic mass is 19.1. The lowest BCUT2D eigenvalue weighted by molar-refractivity contribution is 0.0693. The maximum absolute atomic E-state index is 13.6. The van der Waals surface area contributed by atoms with Crippen molar-refractivity contribution in [3.63, 3.8) is 0 Å². The third kappa shape index (κ3) is 3.18. The van der Waals surface area contributed by atoms with Gasteiger partial charge in [0.25, 0.3) is 0 Å². The van der Waals surface area contributed by atoms with Crippen LogP contribution in [0.1, 0.15) is 34.5 Å². The first kappa shape index (κ1) is 15.0. The number of aryl methyl sites for hydroxylation is 1. The smallest absolute Gasteiger partial charge is 0.340 e. The third-order valence-electron chi connectivity index (χ3n) is 3.30. The summed E-state index contributed by atoms with van der Waals surface area (Å²) < 4.78 is 27.2. The van der Waals surface area contributed by atoms with E-state index in [9.17, 15) is 13.6 Å². The molecule has 1 unspecified atom stereocenters. The average Bonchev–Trinajstić information content (AvgIpc) is 2.41. The van der Waals surface area contributed by atoms with Gasteiger partial charge in [-0.25, -0.2) is 13.6 Å². The second kappa shape index (κ2) is 5.91. The van der Waals surface area contributed by atoms with Crippen molar-refractivity contribution in [1.29, 1.82) is 0 Å². The predicted octanol–water partition coefficient (Wildman–Crippen LogP) is 4.14. The summed E-state index contributed by atoms with van der Waals surface area (Å²) >= 11 is 0. The van der Waals surface area contributed by atoms with Crippen LogP contribution in [0.15, 0.2) is 36.4 Å². The Kier molecular flexibility index (Phi) is 4.21. The van der Waals surface area contributed by atoms with Crippen molar-refractivity contribution in [2.24, 2.45) is 0 Å². The molecule has 1 atom stereocenters. The molecule has 0 aliphatic rings. The number of rotatable bonds is 4. The molecule has 2 aromatic rings. The van der Waals surface area contributed by atoms with Gasteiger partial charge in [0.15, 0.2) is 0 Å². The molecule has 110 valence electrons. The standard InChI is InChI=1S/C16H15F2NO2/c1-9-6-7-11(8-13(9)18)10(2)19-14-5-3-4-12(17)15(14)16(20)21/h3-8,10,19H,1-2H3,(H,20,21). The van der Waals surface area contributed by atoms with Gasteiger partial charge in [0.2, 0.25) is 0 Å². The number of anilines is 1. The first-order valence-corrected chi connectivity index (χ1v) is 6.44. The van der Waals surface area contributed by atoms with Gasteiger partial charge in [-0.2, -0.15) is 0 Å². The van der Waals surface area contributed by atoms with Gasteiger partial charge in [-0.1, -0.05) is 18.2 Å². The molecule has 2 N–H and O–H groups in total. The third-order valence-corrected chi connectivity index (χ3v) is 3.30. The number of hydrogen-bond acceptors (Lipinski definition) is 2. The summed E-state index contributed by atoms with van der Waals surface area (Å²) in [6, 6.07) is 8.40. The zero-order valence-corrected chi connectivity index (χ0v) is 11.7. The van der Waals surface area contributed by atoms with E-state index in [0.717, 1.165) is 6.07 Å². The molecule has 0 aliphatic carbocycles. The molecule has 0 radical (unpaired) electrons. The molecule has 0 heterocycles. The van der Waals surface area contributed by atoms with Crippen molar-refractivity contribution in [2.75, 3.05) is 5.32 Å². The highest BCUT2D eigenvalue weighted by Gasteiger charge is 2.17. The van der Waals surface area contributed by atoms with E-state index < -0.39 is 17.3 Å². The van der Waals surface area contributed by atoms with Crippen LogP contribution in [0.4, 0.5) is 14.5 Å². The minimum Gasteiger partial charge on any atom is -0.478 e. The van der Waals surface area contributed by atoms with E-state index in [1.807, 2.05) is 0 Å². The van der Waals surface area contributed by atoms with Crippen LogP contribution in [-0.2, 0) is 0 Å². The van der Waals surface area contributed by atoms with E-state index in [0.29, 0.717) is 11.1 Å². The molecule has 0 aliphatic heterocycles. The van der Waals surface area contributed by atoms with Gasteiger partial charge >= 0.3 is 5.97 Å². The zero-order valence-electron chi connectivity index (χ0n) is 11.7. The normalized spacial score (nSPS) is 12.0. The Hall–Kier alpha value is -2.43. The van der Waals surface area contributed by atoms with Crippen molar-refractivity contribution < 1.29 is 18.7 Å². The largest absolute Gasteiger partial charge is 0.478 e. The summed E-state index contributed by atoms with van der Waals surface area (Å²) in [6.07, 6.45) is 0. The molecule has 0 amide bonds. The van der Waals surface area contributed by atoms with Gasteiger partial charge in [0.1, 0.15) is 17.2 Å². The fraction of sp³-hybridized carbons (Fsp3) is 0.188. The van der Waals surface area contributed by atoms with Crippen molar-refractivity contribution in [2.45, 2.75) is 19.9 Å². The average molecular weight is 291 g/mol. The van der Waals surface area contributed by atoms with Crippen LogP contribution in [0.5, 0.6) is 0 Å². The first-order valence-electron chi connectivity index (χ1n) is 6.44. The van der Waals surface area contributed by atoms with E-state index >= 15 is 0 Å². The molecule has 3 nitrogen and oxygen atoms in total. The van der Waals surface area contributed by atoms with Crippen LogP contribution >= 0.6 is 0 Å². The minimum atomic E-state index is -1.35. The first-order chi connectivity index (χ1) is 9.90. The molecule has 0 spiro atoms. The van der Waals surface area contributed by atoms with Crippen LogP contribution < -0.4 is 5.32 Å². The van der Waals surface area contributed by atoms with E-state index in [4.69, 9.17) is 5.11 Å².